The Morgan fingerprint density at radius 3 is 2.68 bits per heavy atom. The lowest BCUT2D eigenvalue weighted by atomic mass is 9.99. The average molecular weight is 336 g/mol. The smallest absolute Gasteiger partial charge is 0.256 e. The van der Waals surface area contributed by atoms with Crippen molar-refractivity contribution in [1.29, 1.82) is 0 Å². The normalized spacial score (nSPS) is 20.0. The largest absolute Gasteiger partial charge is 0.489 e. The van der Waals surface area contributed by atoms with E-state index in [1.165, 1.54) is 5.01 Å². The highest BCUT2D eigenvalue weighted by molar-refractivity contribution is 6.15. The van der Waals surface area contributed by atoms with Crippen LogP contribution >= 0.6 is 0 Å². The lowest BCUT2D eigenvalue weighted by Crippen LogP contribution is -2.27. The zero-order valence-corrected chi connectivity index (χ0v) is 13.9. The monoisotopic (exact) mass is 336 g/mol. The van der Waals surface area contributed by atoms with Gasteiger partial charge < -0.3 is 9.47 Å². The molecule has 0 aromatic heterocycles. The SMILES string of the molecule is O=C1C2CCOCCC2=NN1c1ccc(OCc2ccccc2)cc1. The van der Waals surface area contributed by atoms with Crippen LogP contribution in [0.5, 0.6) is 5.75 Å². The second kappa shape index (κ2) is 7.07. The number of nitrogens with zero attached hydrogens (tertiary/aromatic N) is 2. The Kier molecular flexibility index (Phi) is 4.48. The molecule has 0 saturated carbocycles. The van der Waals surface area contributed by atoms with Gasteiger partial charge in [-0.2, -0.15) is 5.10 Å². The van der Waals surface area contributed by atoms with Crippen molar-refractivity contribution in [2.75, 3.05) is 18.2 Å². The molecule has 0 aliphatic carbocycles. The van der Waals surface area contributed by atoms with Gasteiger partial charge in [-0.3, -0.25) is 4.79 Å². The van der Waals surface area contributed by atoms with Gasteiger partial charge in [0, 0.05) is 13.0 Å². The summed E-state index contributed by atoms with van der Waals surface area (Å²) in [4.78, 5) is 12.6. The molecular formula is C20H20N2O3. The van der Waals surface area contributed by atoms with Crippen molar-refractivity contribution in [2.45, 2.75) is 19.4 Å². The highest BCUT2D eigenvalue weighted by Crippen LogP contribution is 2.29. The second-order valence-electron chi connectivity index (χ2n) is 6.21. The van der Waals surface area contributed by atoms with Crippen LogP contribution in [0.4, 0.5) is 5.69 Å². The molecular weight excluding hydrogens is 316 g/mol. The van der Waals surface area contributed by atoms with Gasteiger partial charge >= 0.3 is 0 Å². The van der Waals surface area contributed by atoms with Gasteiger partial charge in [-0.1, -0.05) is 30.3 Å². The summed E-state index contributed by atoms with van der Waals surface area (Å²) >= 11 is 0. The Bertz CT molecular complexity index is 771. The molecule has 1 atom stereocenters. The number of carbonyl (C=O) groups excluding carboxylic acids is 1. The lowest BCUT2D eigenvalue weighted by Gasteiger charge is -2.14. The molecule has 1 fully saturated rings. The third kappa shape index (κ3) is 3.42. The van der Waals surface area contributed by atoms with Crippen LogP contribution in [0.3, 0.4) is 0 Å². The maximum Gasteiger partial charge on any atom is 0.256 e. The van der Waals surface area contributed by atoms with E-state index in [1.54, 1.807) is 0 Å². The second-order valence-corrected chi connectivity index (χ2v) is 6.21. The van der Waals surface area contributed by atoms with E-state index in [-0.39, 0.29) is 11.8 Å². The van der Waals surface area contributed by atoms with E-state index in [9.17, 15) is 4.79 Å². The molecule has 1 saturated heterocycles. The zero-order chi connectivity index (χ0) is 17.1. The van der Waals surface area contributed by atoms with E-state index >= 15 is 0 Å². The summed E-state index contributed by atoms with van der Waals surface area (Å²) in [6.45, 7) is 1.78. The fourth-order valence-electron chi connectivity index (χ4n) is 3.14. The number of carbonyl (C=O) groups is 1. The van der Waals surface area contributed by atoms with Crippen LogP contribution in [0.2, 0.25) is 0 Å². The van der Waals surface area contributed by atoms with Crippen LogP contribution in [0.1, 0.15) is 18.4 Å². The first-order valence-electron chi connectivity index (χ1n) is 8.57. The Labute approximate surface area is 146 Å². The van der Waals surface area contributed by atoms with E-state index in [4.69, 9.17) is 9.47 Å². The highest BCUT2D eigenvalue weighted by Gasteiger charge is 2.37. The first-order chi connectivity index (χ1) is 12.3. The molecule has 2 aliphatic rings. The molecule has 2 aromatic rings. The number of anilines is 1. The minimum atomic E-state index is -0.128. The highest BCUT2D eigenvalue weighted by atomic mass is 16.5. The van der Waals surface area contributed by atoms with Gasteiger partial charge in [0.05, 0.1) is 23.9 Å². The summed E-state index contributed by atoms with van der Waals surface area (Å²) < 4.78 is 11.2. The van der Waals surface area contributed by atoms with Gasteiger partial charge in [0.2, 0.25) is 0 Å². The molecule has 0 radical (unpaired) electrons. The Morgan fingerprint density at radius 1 is 1.08 bits per heavy atom. The van der Waals surface area contributed by atoms with Crippen LogP contribution < -0.4 is 9.75 Å². The number of hydrazone groups is 1. The fourth-order valence-corrected chi connectivity index (χ4v) is 3.14. The molecule has 25 heavy (non-hydrogen) atoms. The van der Waals surface area contributed by atoms with E-state index in [0.29, 0.717) is 26.2 Å². The number of benzene rings is 2. The molecule has 1 unspecified atom stereocenters. The Morgan fingerprint density at radius 2 is 1.88 bits per heavy atom. The number of rotatable bonds is 4. The molecule has 0 bridgehead atoms. The summed E-state index contributed by atoms with van der Waals surface area (Å²) in [7, 11) is 0. The quantitative estimate of drug-likeness (QED) is 0.860. The van der Waals surface area contributed by atoms with Gasteiger partial charge in [0.1, 0.15) is 12.4 Å². The maximum absolute atomic E-state index is 12.6. The standard InChI is InChI=1S/C20H20N2O3/c23-20-18-10-12-24-13-11-19(18)21-22(20)16-6-8-17(9-7-16)25-14-15-4-2-1-3-5-15/h1-9,18H,10-14H2. The number of ether oxygens (including phenoxy) is 2. The minimum Gasteiger partial charge on any atom is -0.489 e. The van der Waals surface area contributed by atoms with Crippen LogP contribution in [-0.4, -0.2) is 24.8 Å². The maximum atomic E-state index is 12.6. The summed E-state index contributed by atoms with van der Waals surface area (Å²) in [6.07, 6.45) is 1.44. The predicted molar refractivity (Wildman–Crippen MR) is 95.7 cm³/mol. The minimum absolute atomic E-state index is 0.0402. The Hall–Kier alpha value is -2.66. The van der Waals surface area contributed by atoms with Gasteiger partial charge in [0.25, 0.3) is 5.91 Å². The molecule has 2 aliphatic heterocycles. The van der Waals surface area contributed by atoms with Crippen molar-refractivity contribution in [2.24, 2.45) is 11.0 Å². The Balaban J connectivity index is 1.44. The van der Waals surface area contributed by atoms with Crippen molar-refractivity contribution in [3.05, 3.63) is 60.2 Å². The van der Waals surface area contributed by atoms with Gasteiger partial charge in [-0.15, -0.1) is 0 Å². The van der Waals surface area contributed by atoms with Crippen LogP contribution in [0, 0.1) is 5.92 Å². The summed E-state index contributed by atoms with van der Waals surface area (Å²) in [5.41, 5.74) is 2.83. The molecule has 5 nitrogen and oxygen atoms in total. The van der Waals surface area contributed by atoms with Gasteiger partial charge in [0.15, 0.2) is 0 Å². The first-order valence-corrected chi connectivity index (χ1v) is 8.57. The number of amides is 1. The first kappa shape index (κ1) is 15.8. The third-order valence-corrected chi connectivity index (χ3v) is 4.52. The molecule has 2 heterocycles. The number of hydrogen-bond donors (Lipinski definition) is 0. The van der Waals surface area contributed by atoms with Crippen LogP contribution in [0.15, 0.2) is 59.7 Å². The van der Waals surface area contributed by atoms with E-state index < -0.39 is 0 Å². The molecule has 4 rings (SSSR count). The molecule has 0 spiro atoms. The average Bonchev–Trinajstić information content (AvgIpc) is 2.83. The van der Waals surface area contributed by atoms with Crippen molar-refractivity contribution in [3.8, 4) is 5.75 Å². The molecule has 0 N–H and O–H groups in total. The molecule has 2 aromatic carbocycles. The fraction of sp³-hybridized carbons (Fsp3) is 0.300. The molecule has 128 valence electrons. The zero-order valence-electron chi connectivity index (χ0n) is 13.9. The van der Waals surface area contributed by atoms with Gasteiger partial charge in [-0.05, 0) is 36.2 Å². The van der Waals surface area contributed by atoms with Crippen LogP contribution in [0.25, 0.3) is 0 Å². The topological polar surface area (TPSA) is 51.1 Å². The summed E-state index contributed by atoms with van der Waals surface area (Å²) in [6, 6.07) is 17.5. The van der Waals surface area contributed by atoms with E-state index in [1.807, 2.05) is 54.6 Å². The van der Waals surface area contributed by atoms with Crippen molar-refractivity contribution in [3.63, 3.8) is 0 Å². The lowest BCUT2D eigenvalue weighted by molar-refractivity contribution is -0.120. The number of fused-ring (bicyclic) bond motifs is 1. The summed E-state index contributed by atoms with van der Waals surface area (Å²) in [5.74, 6) is 0.685. The molecule has 5 heteroatoms. The van der Waals surface area contributed by atoms with Gasteiger partial charge in [-0.25, -0.2) is 5.01 Å². The van der Waals surface area contributed by atoms with E-state index in [0.717, 1.165) is 29.1 Å². The predicted octanol–water partition coefficient (Wildman–Crippen LogP) is 3.39. The van der Waals surface area contributed by atoms with Crippen LogP contribution in [-0.2, 0) is 16.1 Å². The summed E-state index contributed by atoms with van der Waals surface area (Å²) in [5, 5.41) is 6.04. The van der Waals surface area contributed by atoms with Crippen molar-refractivity contribution in [1.82, 2.24) is 0 Å². The van der Waals surface area contributed by atoms with Crippen molar-refractivity contribution >= 4 is 17.3 Å². The third-order valence-electron chi connectivity index (χ3n) is 4.52. The number of hydrogen-bond acceptors (Lipinski definition) is 4. The van der Waals surface area contributed by atoms with E-state index in [2.05, 4.69) is 5.10 Å². The molecule has 1 amide bonds. The van der Waals surface area contributed by atoms with Crippen molar-refractivity contribution < 1.29 is 14.3 Å².